The summed E-state index contributed by atoms with van der Waals surface area (Å²) in [5.41, 5.74) is 1.99. The maximum Gasteiger partial charge on any atom is 0.269 e. The van der Waals surface area contributed by atoms with Gasteiger partial charge in [0.25, 0.3) is 15.9 Å². The standard InChI is InChI=1S/C26H33N3O5S/c1-5-22(25(31)27-16-18(2)3)28(17-20-11-7-6-10-19(20)4)24(30)14-15-29-26(32)21-12-8-9-13-23(21)35(29,33)34/h6-13,18,22H,5,14-17H2,1-4H3,(H,27,31)/t22-/m0/s1. The molecule has 0 unspecified atom stereocenters. The maximum absolute atomic E-state index is 13.5. The highest BCUT2D eigenvalue weighted by Gasteiger charge is 2.41. The Hall–Kier alpha value is -3.20. The molecule has 1 atom stereocenters. The summed E-state index contributed by atoms with van der Waals surface area (Å²) in [6, 6.07) is 12.9. The summed E-state index contributed by atoms with van der Waals surface area (Å²) in [6.45, 7) is 8.16. The van der Waals surface area contributed by atoms with Gasteiger partial charge in [-0.2, -0.15) is 0 Å². The van der Waals surface area contributed by atoms with E-state index < -0.39 is 27.9 Å². The van der Waals surface area contributed by atoms with Gasteiger partial charge in [0.05, 0.1) is 5.56 Å². The van der Waals surface area contributed by atoms with Crippen LogP contribution in [0.4, 0.5) is 0 Å². The first-order chi connectivity index (χ1) is 16.6. The molecule has 2 aromatic carbocycles. The Morgan fingerprint density at radius 2 is 1.71 bits per heavy atom. The van der Waals surface area contributed by atoms with E-state index in [9.17, 15) is 22.8 Å². The molecule has 3 amide bonds. The number of hydrogen-bond donors (Lipinski definition) is 1. The zero-order valence-electron chi connectivity index (χ0n) is 20.7. The molecule has 3 rings (SSSR count). The number of nitrogens with one attached hydrogen (secondary N) is 1. The average Bonchev–Trinajstić information content (AvgIpc) is 3.02. The van der Waals surface area contributed by atoms with Gasteiger partial charge in [-0.3, -0.25) is 14.4 Å². The number of aryl methyl sites for hydroxylation is 1. The summed E-state index contributed by atoms with van der Waals surface area (Å²) in [6.07, 6.45) is 0.173. The lowest BCUT2D eigenvalue weighted by Crippen LogP contribution is -2.50. The molecule has 1 aliphatic rings. The first kappa shape index (κ1) is 26.4. The highest BCUT2D eigenvalue weighted by atomic mass is 32.2. The van der Waals surface area contributed by atoms with Crippen molar-refractivity contribution in [1.82, 2.24) is 14.5 Å². The number of sulfonamides is 1. The van der Waals surface area contributed by atoms with E-state index in [0.29, 0.717) is 13.0 Å². The third kappa shape index (κ3) is 5.73. The normalized spacial score (nSPS) is 15.1. The first-order valence-electron chi connectivity index (χ1n) is 11.9. The molecule has 188 valence electrons. The summed E-state index contributed by atoms with van der Waals surface area (Å²) in [7, 11) is -4.01. The molecule has 1 heterocycles. The smallest absolute Gasteiger partial charge is 0.269 e. The quantitative estimate of drug-likeness (QED) is 0.541. The Kier molecular flexibility index (Phi) is 8.32. The Morgan fingerprint density at radius 3 is 2.34 bits per heavy atom. The fraction of sp³-hybridized carbons (Fsp3) is 0.423. The molecule has 9 heteroatoms. The van der Waals surface area contributed by atoms with Gasteiger partial charge in [0.15, 0.2) is 0 Å². The molecular weight excluding hydrogens is 466 g/mol. The number of carbonyl (C=O) groups excluding carboxylic acids is 3. The van der Waals surface area contributed by atoms with Crippen LogP contribution in [0.15, 0.2) is 53.4 Å². The number of carbonyl (C=O) groups is 3. The van der Waals surface area contributed by atoms with Crippen molar-refractivity contribution in [3.8, 4) is 0 Å². The van der Waals surface area contributed by atoms with Gasteiger partial charge in [-0.15, -0.1) is 0 Å². The molecule has 35 heavy (non-hydrogen) atoms. The van der Waals surface area contributed by atoms with Crippen LogP contribution in [-0.2, 0) is 26.2 Å². The molecule has 0 aliphatic carbocycles. The maximum atomic E-state index is 13.5. The molecular formula is C26H33N3O5S. The predicted molar refractivity (Wildman–Crippen MR) is 133 cm³/mol. The van der Waals surface area contributed by atoms with Crippen LogP contribution in [0.25, 0.3) is 0 Å². The third-order valence-electron chi connectivity index (χ3n) is 6.11. The summed E-state index contributed by atoms with van der Waals surface area (Å²) in [4.78, 5) is 40.6. The Morgan fingerprint density at radius 1 is 1.06 bits per heavy atom. The van der Waals surface area contributed by atoms with Crippen molar-refractivity contribution in [1.29, 1.82) is 0 Å². The second kappa shape index (κ2) is 11.0. The fourth-order valence-corrected chi connectivity index (χ4v) is 5.68. The van der Waals surface area contributed by atoms with E-state index in [0.717, 1.165) is 15.4 Å². The molecule has 0 spiro atoms. The molecule has 0 radical (unpaired) electrons. The van der Waals surface area contributed by atoms with E-state index in [1.165, 1.54) is 17.0 Å². The van der Waals surface area contributed by atoms with Gasteiger partial charge in [-0.25, -0.2) is 12.7 Å². The van der Waals surface area contributed by atoms with E-state index in [4.69, 9.17) is 0 Å². The van der Waals surface area contributed by atoms with Crippen molar-refractivity contribution in [3.63, 3.8) is 0 Å². The van der Waals surface area contributed by atoms with Gasteiger partial charge >= 0.3 is 0 Å². The number of hydrogen-bond acceptors (Lipinski definition) is 5. The second-order valence-corrected chi connectivity index (χ2v) is 11.0. The summed E-state index contributed by atoms with van der Waals surface area (Å²) >= 11 is 0. The van der Waals surface area contributed by atoms with Crippen LogP contribution in [0.2, 0.25) is 0 Å². The summed E-state index contributed by atoms with van der Waals surface area (Å²) in [5, 5.41) is 2.90. The van der Waals surface area contributed by atoms with Gasteiger partial charge < -0.3 is 10.2 Å². The monoisotopic (exact) mass is 499 g/mol. The number of fused-ring (bicyclic) bond motifs is 1. The summed E-state index contributed by atoms with van der Waals surface area (Å²) < 4.78 is 26.5. The topological polar surface area (TPSA) is 104 Å². The molecule has 8 nitrogen and oxygen atoms in total. The number of rotatable bonds is 10. The Labute approximate surface area is 207 Å². The van der Waals surface area contributed by atoms with Gasteiger partial charge in [0, 0.05) is 26.1 Å². The predicted octanol–water partition coefficient (Wildman–Crippen LogP) is 3.11. The first-order valence-corrected chi connectivity index (χ1v) is 13.3. The van der Waals surface area contributed by atoms with Crippen molar-refractivity contribution in [2.45, 2.75) is 58.0 Å². The van der Waals surface area contributed by atoms with Crippen molar-refractivity contribution >= 4 is 27.7 Å². The van der Waals surface area contributed by atoms with E-state index in [1.54, 1.807) is 12.1 Å². The minimum absolute atomic E-state index is 0.0475. The largest absolute Gasteiger partial charge is 0.354 e. The van der Waals surface area contributed by atoms with Crippen LogP contribution in [0.3, 0.4) is 0 Å². The lowest BCUT2D eigenvalue weighted by molar-refractivity contribution is -0.141. The molecule has 0 bridgehead atoms. The van der Waals surface area contributed by atoms with Gasteiger partial charge in [-0.05, 0) is 42.5 Å². The zero-order chi connectivity index (χ0) is 25.8. The van der Waals surface area contributed by atoms with Crippen LogP contribution in [0, 0.1) is 12.8 Å². The minimum Gasteiger partial charge on any atom is -0.354 e. The fourth-order valence-electron chi connectivity index (χ4n) is 4.11. The second-order valence-electron chi connectivity index (χ2n) is 9.14. The highest BCUT2D eigenvalue weighted by Crippen LogP contribution is 2.30. The third-order valence-corrected chi connectivity index (χ3v) is 7.95. The lowest BCUT2D eigenvalue weighted by Gasteiger charge is -2.31. The van der Waals surface area contributed by atoms with Crippen LogP contribution in [0.1, 0.15) is 55.1 Å². The number of amides is 3. The molecule has 0 aromatic heterocycles. The SMILES string of the molecule is CC[C@@H](C(=O)NCC(C)C)N(Cc1ccccc1C)C(=O)CCN1C(=O)c2ccccc2S1(=O)=O. The van der Waals surface area contributed by atoms with Crippen LogP contribution in [-0.4, -0.2) is 54.5 Å². The minimum atomic E-state index is -4.01. The number of nitrogens with zero attached hydrogens (tertiary/aromatic N) is 2. The van der Waals surface area contributed by atoms with Crippen molar-refractivity contribution in [3.05, 3.63) is 65.2 Å². The van der Waals surface area contributed by atoms with Crippen LogP contribution < -0.4 is 5.32 Å². The highest BCUT2D eigenvalue weighted by molar-refractivity contribution is 7.90. The van der Waals surface area contributed by atoms with Crippen LogP contribution >= 0.6 is 0 Å². The number of benzene rings is 2. The molecule has 0 saturated carbocycles. The molecule has 0 saturated heterocycles. The van der Waals surface area contributed by atoms with Crippen LogP contribution in [0.5, 0.6) is 0 Å². The molecule has 1 N–H and O–H groups in total. The van der Waals surface area contributed by atoms with Crippen molar-refractivity contribution < 1.29 is 22.8 Å². The average molecular weight is 500 g/mol. The Balaban J connectivity index is 1.83. The van der Waals surface area contributed by atoms with E-state index in [2.05, 4.69) is 5.32 Å². The zero-order valence-corrected chi connectivity index (χ0v) is 21.5. The van der Waals surface area contributed by atoms with Gasteiger partial charge in [-0.1, -0.05) is 57.2 Å². The van der Waals surface area contributed by atoms with Crippen molar-refractivity contribution in [2.24, 2.45) is 5.92 Å². The van der Waals surface area contributed by atoms with Gasteiger partial charge in [0.1, 0.15) is 10.9 Å². The Bertz CT molecular complexity index is 1210. The van der Waals surface area contributed by atoms with Crippen molar-refractivity contribution in [2.75, 3.05) is 13.1 Å². The van der Waals surface area contributed by atoms with E-state index >= 15 is 0 Å². The van der Waals surface area contributed by atoms with E-state index in [1.807, 2.05) is 52.0 Å². The molecule has 2 aromatic rings. The molecule has 1 aliphatic heterocycles. The molecule has 0 fully saturated rings. The lowest BCUT2D eigenvalue weighted by atomic mass is 10.1. The van der Waals surface area contributed by atoms with E-state index in [-0.39, 0.29) is 41.8 Å². The summed E-state index contributed by atoms with van der Waals surface area (Å²) in [5.74, 6) is -1.02. The van der Waals surface area contributed by atoms with Gasteiger partial charge in [0.2, 0.25) is 11.8 Å².